The number of carbonyl (C=O) groups is 1. The molecule has 0 unspecified atom stereocenters. The molecule has 1 aliphatic heterocycles. The Kier molecular flexibility index (Phi) is 3.25. The lowest BCUT2D eigenvalue weighted by Gasteiger charge is -2.30. The van der Waals surface area contributed by atoms with Crippen LogP contribution in [0.25, 0.3) is 0 Å². The van der Waals surface area contributed by atoms with Gasteiger partial charge in [0.1, 0.15) is 0 Å². The van der Waals surface area contributed by atoms with E-state index in [1.165, 1.54) is 0 Å². The Balaban J connectivity index is 2.11. The van der Waals surface area contributed by atoms with Crippen molar-refractivity contribution in [3.05, 3.63) is 35.4 Å². The molecular formula is C13H18N2O. The largest absolute Gasteiger partial charge is 0.339 e. The van der Waals surface area contributed by atoms with Gasteiger partial charge in [-0.2, -0.15) is 0 Å². The van der Waals surface area contributed by atoms with Gasteiger partial charge in [-0.25, -0.2) is 0 Å². The first-order chi connectivity index (χ1) is 7.68. The van der Waals surface area contributed by atoms with E-state index >= 15 is 0 Å². The van der Waals surface area contributed by atoms with Gasteiger partial charge in [0.05, 0.1) is 0 Å². The van der Waals surface area contributed by atoms with Crippen LogP contribution in [0.1, 0.15) is 28.8 Å². The Hall–Kier alpha value is -1.35. The zero-order chi connectivity index (χ0) is 11.5. The molecule has 0 aliphatic carbocycles. The third-order valence-corrected chi connectivity index (χ3v) is 3.20. The molecule has 0 aromatic heterocycles. The summed E-state index contributed by atoms with van der Waals surface area (Å²) in [5, 5.41) is 0. The maximum Gasteiger partial charge on any atom is 0.254 e. The fourth-order valence-corrected chi connectivity index (χ4v) is 2.09. The highest BCUT2D eigenvalue weighted by Crippen LogP contribution is 2.15. The van der Waals surface area contributed by atoms with Crippen molar-refractivity contribution in [2.45, 2.75) is 25.8 Å². The molecule has 1 aromatic rings. The first kappa shape index (κ1) is 11.1. The van der Waals surface area contributed by atoms with Gasteiger partial charge >= 0.3 is 0 Å². The second-order valence-electron chi connectivity index (χ2n) is 4.44. The highest BCUT2D eigenvalue weighted by Gasteiger charge is 2.22. The summed E-state index contributed by atoms with van der Waals surface area (Å²) in [7, 11) is 0. The number of hydrogen-bond donors (Lipinski definition) is 1. The number of amides is 1. The predicted octanol–water partition coefficient (Wildman–Crippen LogP) is 1.56. The van der Waals surface area contributed by atoms with Crippen LogP contribution in [0.4, 0.5) is 0 Å². The molecule has 1 fully saturated rings. The maximum absolute atomic E-state index is 12.2. The van der Waals surface area contributed by atoms with Crippen LogP contribution < -0.4 is 5.73 Å². The molecule has 3 heteroatoms. The fourth-order valence-electron chi connectivity index (χ4n) is 2.09. The van der Waals surface area contributed by atoms with Gasteiger partial charge in [-0.05, 0) is 31.4 Å². The first-order valence-electron chi connectivity index (χ1n) is 5.79. The van der Waals surface area contributed by atoms with E-state index in [0.29, 0.717) is 0 Å². The third-order valence-electron chi connectivity index (χ3n) is 3.20. The van der Waals surface area contributed by atoms with Crippen LogP contribution in [-0.4, -0.2) is 29.9 Å². The van der Waals surface area contributed by atoms with Crippen molar-refractivity contribution in [3.63, 3.8) is 0 Å². The molecule has 1 aliphatic rings. The van der Waals surface area contributed by atoms with Crippen molar-refractivity contribution >= 4 is 5.91 Å². The first-order valence-corrected chi connectivity index (χ1v) is 5.79. The third kappa shape index (κ3) is 2.25. The van der Waals surface area contributed by atoms with Gasteiger partial charge in [0.2, 0.25) is 0 Å². The lowest BCUT2D eigenvalue weighted by Crippen LogP contribution is -2.43. The van der Waals surface area contributed by atoms with Crippen LogP contribution in [0.3, 0.4) is 0 Å². The Morgan fingerprint density at radius 3 is 2.56 bits per heavy atom. The second kappa shape index (κ2) is 4.66. The summed E-state index contributed by atoms with van der Waals surface area (Å²) >= 11 is 0. The van der Waals surface area contributed by atoms with Crippen LogP contribution in [0, 0.1) is 6.92 Å². The Bertz CT molecular complexity index is 381. The van der Waals surface area contributed by atoms with Crippen LogP contribution >= 0.6 is 0 Å². The molecule has 0 radical (unpaired) electrons. The number of aryl methyl sites for hydroxylation is 1. The molecule has 2 N–H and O–H groups in total. The van der Waals surface area contributed by atoms with Gasteiger partial charge in [0.15, 0.2) is 0 Å². The van der Waals surface area contributed by atoms with E-state index in [9.17, 15) is 4.79 Å². The average Bonchev–Trinajstić information content (AvgIpc) is 2.30. The van der Waals surface area contributed by atoms with Gasteiger partial charge in [0, 0.05) is 24.7 Å². The van der Waals surface area contributed by atoms with Crippen molar-refractivity contribution < 1.29 is 4.79 Å². The highest BCUT2D eigenvalue weighted by molar-refractivity contribution is 5.95. The zero-order valence-corrected chi connectivity index (χ0v) is 9.65. The monoisotopic (exact) mass is 218 g/mol. The molecule has 0 atom stereocenters. The van der Waals surface area contributed by atoms with Crippen molar-refractivity contribution in [2.24, 2.45) is 5.73 Å². The van der Waals surface area contributed by atoms with Crippen LogP contribution in [0.15, 0.2) is 24.3 Å². The van der Waals surface area contributed by atoms with Crippen molar-refractivity contribution in [3.8, 4) is 0 Å². The number of piperidine rings is 1. The summed E-state index contributed by atoms with van der Waals surface area (Å²) in [6, 6.07) is 8.00. The molecule has 16 heavy (non-hydrogen) atoms. The summed E-state index contributed by atoms with van der Waals surface area (Å²) in [5.74, 6) is 0.144. The average molecular weight is 218 g/mol. The summed E-state index contributed by atoms with van der Waals surface area (Å²) in [6.07, 6.45) is 1.83. The molecule has 0 bridgehead atoms. The number of benzene rings is 1. The van der Waals surface area contributed by atoms with E-state index in [1.807, 2.05) is 36.1 Å². The fraction of sp³-hybridized carbons (Fsp3) is 0.462. The van der Waals surface area contributed by atoms with Crippen molar-refractivity contribution in [1.29, 1.82) is 0 Å². The van der Waals surface area contributed by atoms with E-state index in [1.54, 1.807) is 0 Å². The smallest absolute Gasteiger partial charge is 0.254 e. The minimum atomic E-state index is 0.144. The quantitative estimate of drug-likeness (QED) is 0.777. The Labute approximate surface area is 96.2 Å². The number of nitrogens with two attached hydrogens (primary N) is 1. The van der Waals surface area contributed by atoms with Crippen molar-refractivity contribution in [2.75, 3.05) is 13.1 Å². The van der Waals surface area contributed by atoms with Crippen LogP contribution in [0.2, 0.25) is 0 Å². The lowest BCUT2D eigenvalue weighted by atomic mass is 10.0. The van der Waals surface area contributed by atoms with E-state index in [4.69, 9.17) is 5.73 Å². The summed E-state index contributed by atoms with van der Waals surface area (Å²) in [4.78, 5) is 14.1. The molecule has 0 saturated carbocycles. The highest BCUT2D eigenvalue weighted by atomic mass is 16.2. The second-order valence-corrected chi connectivity index (χ2v) is 4.44. The zero-order valence-electron chi connectivity index (χ0n) is 9.65. The SMILES string of the molecule is Cc1ccccc1C(=O)N1CCC(N)CC1. The summed E-state index contributed by atoms with van der Waals surface area (Å²) in [5.41, 5.74) is 7.69. The van der Waals surface area contributed by atoms with Crippen LogP contribution in [0.5, 0.6) is 0 Å². The number of hydrogen-bond acceptors (Lipinski definition) is 2. The van der Waals surface area contributed by atoms with E-state index in [2.05, 4.69) is 0 Å². The number of likely N-dealkylation sites (tertiary alicyclic amines) is 1. The molecule has 3 nitrogen and oxygen atoms in total. The normalized spacial score (nSPS) is 17.5. The molecule has 0 spiro atoms. The molecular weight excluding hydrogens is 200 g/mol. The topological polar surface area (TPSA) is 46.3 Å². The number of rotatable bonds is 1. The van der Waals surface area contributed by atoms with Gasteiger partial charge in [-0.15, -0.1) is 0 Å². The maximum atomic E-state index is 12.2. The standard InChI is InChI=1S/C13H18N2O/c1-10-4-2-3-5-12(10)13(16)15-8-6-11(14)7-9-15/h2-5,11H,6-9,14H2,1H3. The molecule has 1 aromatic carbocycles. The van der Waals surface area contributed by atoms with E-state index in [0.717, 1.165) is 37.1 Å². The molecule has 86 valence electrons. The molecule has 2 rings (SSSR count). The van der Waals surface area contributed by atoms with E-state index < -0.39 is 0 Å². The van der Waals surface area contributed by atoms with Gasteiger partial charge < -0.3 is 10.6 Å². The summed E-state index contributed by atoms with van der Waals surface area (Å²) < 4.78 is 0. The Morgan fingerprint density at radius 2 is 1.94 bits per heavy atom. The minimum absolute atomic E-state index is 0.144. The van der Waals surface area contributed by atoms with Gasteiger partial charge in [0.25, 0.3) is 5.91 Å². The van der Waals surface area contributed by atoms with E-state index in [-0.39, 0.29) is 11.9 Å². The summed E-state index contributed by atoms with van der Waals surface area (Å²) in [6.45, 7) is 3.55. The van der Waals surface area contributed by atoms with Crippen molar-refractivity contribution in [1.82, 2.24) is 4.90 Å². The molecule has 1 saturated heterocycles. The minimum Gasteiger partial charge on any atom is -0.339 e. The Morgan fingerprint density at radius 1 is 1.31 bits per heavy atom. The van der Waals surface area contributed by atoms with Gasteiger partial charge in [-0.1, -0.05) is 18.2 Å². The van der Waals surface area contributed by atoms with Gasteiger partial charge in [-0.3, -0.25) is 4.79 Å². The number of nitrogens with zero attached hydrogens (tertiary/aromatic N) is 1. The molecule has 1 heterocycles. The van der Waals surface area contributed by atoms with Crippen LogP contribution in [-0.2, 0) is 0 Å². The number of carbonyl (C=O) groups excluding carboxylic acids is 1. The predicted molar refractivity (Wildman–Crippen MR) is 64.3 cm³/mol. The molecule has 1 amide bonds. The lowest BCUT2D eigenvalue weighted by molar-refractivity contribution is 0.0714.